The zero-order valence-corrected chi connectivity index (χ0v) is 10.5. The Morgan fingerprint density at radius 2 is 2.12 bits per heavy atom. The van der Waals surface area contributed by atoms with Gasteiger partial charge in [0.2, 0.25) is 0 Å². The Morgan fingerprint density at radius 3 is 2.75 bits per heavy atom. The maximum absolute atomic E-state index is 9.32. The standard InChI is InChI=1S/C12H13BrN2O/c1-15-10(5-6-12(15)13)8-14-9-3-2-4-11(16)7-9/h2-7,14,16H,8H2,1H3. The highest BCUT2D eigenvalue weighted by Crippen LogP contribution is 2.18. The van der Waals surface area contributed by atoms with Crippen molar-refractivity contribution in [3.05, 3.63) is 46.7 Å². The van der Waals surface area contributed by atoms with Gasteiger partial charge in [-0.3, -0.25) is 0 Å². The lowest BCUT2D eigenvalue weighted by molar-refractivity contribution is 0.475. The number of hydrogen-bond donors (Lipinski definition) is 2. The number of nitrogens with one attached hydrogen (secondary N) is 1. The summed E-state index contributed by atoms with van der Waals surface area (Å²) in [4.78, 5) is 0. The number of phenols is 1. The van der Waals surface area contributed by atoms with Crippen LogP contribution in [-0.2, 0) is 13.6 Å². The van der Waals surface area contributed by atoms with Gasteiger partial charge in [0.15, 0.2) is 0 Å². The molecule has 4 heteroatoms. The van der Waals surface area contributed by atoms with Crippen LogP contribution in [0.5, 0.6) is 5.75 Å². The highest BCUT2D eigenvalue weighted by molar-refractivity contribution is 9.10. The van der Waals surface area contributed by atoms with Crippen LogP contribution in [-0.4, -0.2) is 9.67 Å². The summed E-state index contributed by atoms with van der Waals surface area (Å²) in [5.41, 5.74) is 2.09. The van der Waals surface area contributed by atoms with Crippen LogP contribution in [0.25, 0.3) is 0 Å². The third-order valence-electron chi connectivity index (χ3n) is 2.48. The maximum atomic E-state index is 9.32. The number of halogens is 1. The van der Waals surface area contributed by atoms with Gasteiger partial charge in [-0.1, -0.05) is 6.07 Å². The van der Waals surface area contributed by atoms with Gasteiger partial charge in [0.25, 0.3) is 0 Å². The van der Waals surface area contributed by atoms with Gasteiger partial charge in [0.1, 0.15) is 5.75 Å². The first-order valence-corrected chi connectivity index (χ1v) is 5.79. The number of rotatable bonds is 3. The molecule has 1 aromatic carbocycles. The molecule has 0 fully saturated rings. The molecule has 0 aliphatic heterocycles. The largest absolute Gasteiger partial charge is 0.508 e. The molecule has 0 unspecified atom stereocenters. The SMILES string of the molecule is Cn1c(Br)ccc1CNc1cccc(O)c1. The van der Waals surface area contributed by atoms with Crippen molar-refractivity contribution in [1.82, 2.24) is 4.57 Å². The summed E-state index contributed by atoms with van der Waals surface area (Å²) in [7, 11) is 2.00. The fraction of sp³-hybridized carbons (Fsp3) is 0.167. The minimum absolute atomic E-state index is 0.276. The van der Waals surface area contributed by atoms with E-state index in [9.17, 15) is 5.11 Å². The van der Waals surface area contributed by atoms with Crippen LogP contribution < -0.4 is 5.32 Å². The number of aromatic nitrogens is 1. The molecule has 0 aliphatic rings. The molecular formula is C12H13BrN2O. The summed E-state index contributed by atoms with van der Waals surface area (Å²) < 4.78 is 3.12. The smallest absolute Gasteiger partial charge is 0.117 e. The van der Waals surface area contributed by atoms with Crippen LogP contribution in [0.1, 0.15) is 5.69 Å². The quantitative estimate of drug-likeness (QED) is 0.907. The Bertz CT molecular complexity index is 494. The van der Waals surface area contributed by atoms with Crippen LogP contribution in [0.15, 0.2) is 41.0 Å². The van der Waals surface area contributed by atoms with Crippen molar-refractivity contribution in [2.24, 2.45) is 7.05 Å². The summed E-state index contributed by atoms with van der Waals surface area (Å²) >= 11 is 3.45. The predicted molar refractivity (Wildman–Crippen MR) is 68.5 cm³/mol. The minimum atomic E-state index is 0.276. The zero-order valence-electron chi connectivity index (χ0n) is 8.94. The highest BCUT2D eigenvalue weighted by atomic mass is 79.9. The topological polar surface area (TPSA) is 37.2 Å². The Kier molecular flexibility index (Phi) is 3.19. The molecule has 2 N–H and O–H groups in total. The van der Waals surface area contributed by atoms with Crippen molar-refractivity contribution in [2.75, 3.05) is 5.32 Å². The number of anilines is 1. The van der Waals surface area contributed by atoms with Gasteiger partial charge < -0.3 is 15.0 Å². The van der Waals surface area contributed by atoms with E-state index in [1.165, 1.54) is 5.69 Å². The normalized spacial score (nSPS) is 10.4. The Labute approximate surface area is 103 Å². The van der Waals surface area contributed by atoms with E-state index < -0.39 is 0 Å². The molecule has 0 amide bonds. The average Bonchev–Trinajstić information content (AvgIpc) is 2.57. The summed E-state index contributed by atoms with van der Waals surface area (Å²) in [6.45, 7) is 0.728. The first-order chi connectivity index (χ1) is 7.66. The van der Waals surface area contributed by atoms with Crippen LogP contribution in [0.2, 0.25) is 0 Å². The Balaban J connectivity index is 2.05. The lowest BCUT2D eigenvalue weighted by atomic mass is 10.3. The van der Waals surface area contributed by atoms with Gasteiger partial charge in [-0.25, -0.2) is 0 Å². The second-order valence-electron chi connectivity index (χ2n) is 3.61. The van der Waals surface area contributed by atoms with Gasteiger partial charge in [0.05, 0.1) is 11.1 Å². The highest BCUT2D eigenvalue weighted by Gasteiger charge is 2.01. The van der Waals surface area contributed by atoms with Crippen LogP contribution in [0.3, 0.4) is 0 Å². The molecule has 1 aromatic heterocycles. The van der Waals surface area contributed by atoms with E-state index in [2.05, 4.69) is 31.9 Å². The summed E-state index contributed by atoms with van der Waals surface area (Å²) in [5.74, 6) is 0.276. The fourth-order valence-corrected chi connectivity index (χ4v) is 1.87. The van der Waals surface area contributed by atoms with Crippen molar-refractivity contribution in [3.8, 4) is 5.75 Å². The van der Waals surface area contributed by atoms with Crippen molar-refractivity contribution in [1.29, 1.82) is 0 Å². The number of aromatic hydroxyl groups is 1. The lowest BCUT2D eigenvalue weighted by Crippen LogP contribution is -2.04. The van der Waals surface area contributed by atoms with Crippen molar-refractivity contribution in [2.45, 2.75) is 6.54 Å². The fourth-order valence-electron chi connectivity index (χ4n) is 1.51. The van der Waals surface area contributed by atoms with E-state index in [0.717, 1.165) is 16.8 Å². The number of benzene rings is 1. The van der Waals surface area contributed by atoms with Gasteiger partial charge in [-0.15, -0.1) is 0 Å². The predicted octanol–water partition coefficient (Wildman–Crippen LogP) is 3.11. The minimum Gasteiger partial charge on any atom is -0.508 e. The second-order valence-corrected chi connectivity index (χ2v) is 4.42. The van der Waals surface area contributed by atoms with E-state index in [1.807, 2.05) is 25.2 Å². The molecule has 0 spiro atoms. The molecule has 0 aliphatic carbocycles. The van der Waals surface area contributed by atoms with Gasteiger partial charge in [-0.2, -0.15) is 0 Å². The van der Waals surface area contributed by atoms with Crippen molar-refractivity contribution >= 4 is 21.6 Å². The van der Waals surface area contributed by atoms with Crippen LogP contribution in [0.4, 0.5) is 5.69 Å². The third-order valence-corrected chi connectivity index (χ3v) is 3.28. The van der Waals surface area contributed by atoms with Crippen LogP contribution in [0, 0.1) is 0 Å². The van der Waals surface area contributed by atoms with E-state index in [0.29, 0.717) is 0 Å². The van der Waals surface area contributed by atoms with Gasteiger partial charge in [0, 0.05) is 24.5 Å². The number of phenolic OH excluding ortho intramolecular Hbond substituents is 1. The average molecular weight is 281 g/mol. The summed E-state index contributed by atoms with van der Waals surface area (Å²) in [6.07, 6.45) is 0. The molecule has 2 rings (SSSR count). The molecule has 3 nitrogen and oxygen atoms in total. The van der Waals surface area contributed by atoms with Gasteiger partial charge in [-0.05, 0) is 40.2 Å². The summed E-state index contributed by atoms with van der Waals surface area (Å²) in [6, 6.07) is 11.2. The van der Waals surface area contributed by atoms with Gasteiger partial charge >= 0.3 is 0 Å². The molecule has 0 radical (unpaired) electrons. The zero-order chi connectivity index (χ0) is 11.5. The van der Waals surface area contributed by atoms with E-state index in [4.69, 9.17) is 0 Å². The molecule has 0 atom stereocenters. The molecule has 2 aromatic rings. The molecule has 1 heterocycles. The Morgan fingerprint density at radius 1 is 1.31 bits per heavy atom. The molecule has 0 saturated carbocycles. The van der Waals surface area contributed by atoms with Crippen molar-refractivity contribution < 1.29 is 5.11 Å². The molecule has 0 saturated heterocycles. The number of hydrogen-bond acceptors (Lipinski definition) is 2. The van der Waals surface area contributed by atoms with E-state index >= 15 is 0 Å². The monoisotopic (exact) mass is 280 g/mol. The third kappa shape index (κ3) is 2.39. The molecule has 0 bridgehead atoms. The molecule has 84 valence electrons. The second kappa shape index (κ2) is 4.61. The lowest BCUT2D eigenvalue weighted by Gasteiger charge is -2.08. The molecular weight excluding hydrogens is 268 g/mol. The van der Waals surface area contributed by atoms with Crippen molar-refractivity contribution in [3.63, 3.8) is 0 Å². The molecule has 16 heavy (non-hydrogen) atoms. The van der Waals surface area contributed by atoms with Crippen LogP contribution >= 0.6 is 15.9 Å². The summed E-state index contributed by atoms with van der Waals surface area (Å²) in [5, 5.41) is 12.6. The van der Waals surface area contributed by atoms with E-state index in [-0.39, 0.29) is 5.75 Å². The van der Waals surface area contributed by atoms with E-state index in [1.54, 1.807) is 12.1 Å². The first kappa shape index (κ1) is 11.1. The first-order valence-electron chi connectivity index (χ1n) is 5.00. The maximum Gasteiger partial charge on any atom is 0.117 e. The Hall–Kier alpha value is -1.42. The number of nitrogens with zero attached hydrogens (tertiary/aromatic N) is 1.